The Balaban J connectivity index is 1.61. The molecule has 1 aromatic carbocycles. The SMILES string of the molecule is CC1(C)OC[C@@H]2O[C@]3([C@@H]4[C@@H]([C@H](O)c5ccccc5)C(=O)C[C@H]4O[Si](C)(C)C(C)(C)C)OC(C)(C)O[C@H]3[C@@H]2O1. The molecule has 9 heteroatoms. The minimum Gasteiger partial charge on any atom is -0.413 e. The fourth-order valence-electron chi connectivity index (χ4n) is 6.29. The molecule has 8 atom stereocenters. The van der Waals surface area contributed by atoms with E-state index in [0.29, 0.717) is 12.2 Å². The summed E-state index contributed by atoms with van der Waals surface area (Å²) in [6, 6.07) is 9.31. The Morgan fingerprint density at radius 1 is 1.03 bits per heavy atom. The van der Waals surface area contributed by atoms with Gasteiger partial charge in [-0.15, -0.1) is 0 Å². The van der Waals surface area contributed by atoms with Crippen molar-refractivity contribution in [1.82, 2.24) is 0 Å². The van der Waals surface area contributed by atoms with E-state index >= 15 is 0 Å². The van der Waals surface area contributed by atoms with Gasteiger partial charge >= 0.3 is 0 Å². The molecule has 3 heterocycles. The average molecular weight is 549 g/mol. The van der Waals surface area contributed by atoms with E-state index in [4.69, 9.17) is 28.1 Å². The van der Waals surface area contributed by atoms with E-state index in [1.165, 1.54) is 0 Å². The maximum atomic E-state index is 13.8. The zero-order valence-corrected chi connectivity index (χ0v) is 25.1. The van der Waals surface area contributed by atoms with Crippen molar-refractivity contribution in [3.63, 3.8) is 0 Å². The highest BCUT2D eigenvalue weighted by molar-refractivity contribution is 6.74. The van der Waals surface area contributed by atoms with Crippen LogP contribution in [0.4, 0.5) is 0 Å². The number of benzene rings is 1. The lowest BCUT2D eigenvalue weighted by Gasteiger charge is -2.44. The predicted molar refractivity (Wildman–Crippen MR) is 143 cm³/mol. The van der Waals surface area contributed by atoms with Crippen LogP contribution < -0.4 is 0 Å². The van der Waals surface area contributed by atoms with Crippen molar-refractivity contribution in [2.45, 2.75) is 121 Å². The van der Waals surface area contributed by atoms with E-state index in [1.807, 2.05) is 58.0 Å². The minimum absolute atomic E-state index is 0.0625. The van der Waals surface area contributed by atoms with Crippen LogP contribution in [0.25, 0.3) is 0 Å². The smallest absolute Gasteiger partial charge is 0.207 e. The van der Waals surface area contributed by atoms with Crippen LogP contribution in [0, 0.1) is 11.8 Å². The van der Waals surface area contributed by atoms with Crippen LogP contribution >= 0.6 is 0 Å². The molecular formula is C29H44O8Si. The Bertz CT molecular complexity index is 1050. The first-order valence-electron chi connectivity index (χ1n) is 13.8. The molecule has 4 aliphatic rings. The van der Waals surface area contributed by atoms with Gasteiger partial charge in [0.2, 0.25) is 5.79 Å². The summed E-state index contributed by atoms with van der Waals surface area (Å²) in [5.74, 6) is -4.65. The summed E-state index contributed by atoms with van der Waals surface area (Å²) in [6.07, 6.45) is -2.92. The highest BCUT2D eigenvalue weighted by atomic mass is 28.4. The van der Waals surface area contributed by atoms with Gasteiger partial charge in [-0.25, -0.2) is 0 Å². The van der Waals surface area contributed by atoms with Gasteiger partial charge in [0.25, 0.3) is 0 Å². The van der Waals surface area contributed by atoms with Crippen molar-refractivity contribution >= 4 is 14.1 Å². The van der Waals surface area contributed by atoms with Gasteiger partial charge in [-0.1, -0.05) is 51.1 Å². The molecule has 3 aliphatic heterocycles. The van der Waals surface area contributed by atoms with Gasteiger partial charge in [-0.3, -0.25) is 4.79 Å². The number of carbonyl (C=O) groups excluding carboxylic acids is 1. The Kier molecular flexibility index (Phi) is 6.85. The largest absolute Gasteiger partial charge is 0.413 e. The number of fused-ring (bicyclic) bond motifs is 3. The third-order valence-corrected chi connectivity index (χ3v) is 13.5. The second-order valence-electron chi connectivity index (χ2n) is 13.7. The fraction of sp³-hybridized carbons (Fsp3) is 0.759. The van der Waals surface area contributed by atoms with E-state index in [9.17, 15) is 9.90 Å². The highest BCUT2D eigenvalue weighted by Crippen LogP contribution is 2.59. The monoisotopic (exact) mass is 548 g/mol. The van der Waals surface area contributed by atoms with Crippen molar-refractivity contribution in [1.29, 1.82) is 0 Å². The molecule has 0 radical (unpaired) electrons. The van der Waals surface area contributed by atoms with Crippen LogP contribution in [0.3, 0.4) is 0 Å². The summed E-state index contributed by atoms with van der Waals surface area (Å²) >= 11 is 0. The lowest BCUT2D eigenvalue weighted by molar-refractivity contribution is -0.337. The van der Waals surface area contributed by atoms with Gasteiger partial charge < -0.3 is 33.2 Å². The molecule has 38 heavy (non-hydrogen) atoms. The maximum Gasteiger partial charge on any atom is 0.207 e. The van der Waals surface area contributed by atoms with E-state index in [-0.39, 0.29) is 17.2 Å². The zero-order chi connectivity index (χ0) is 27.9. The summed E-state index contributed by atoms with van der Waals surface area (Å²) in [7, 11) is -2.32. The third kappa shape index (κ3) is 4.73. The van der Waals surface area contributed by atoms with Crippen LogP contribution in [0.1, 0.15) is 66.6 Å². The number of ether oxygens (including phenoxy) is 5. The molecule has 3 saturated heterocycles. The number of Topliss-reactive ketones (excluding diaryl/α,β-unsaturated/α-hetero) is 1. The topological polar surface area (TPSA) is 92.7 Å². The zero-order valence-electron chi connectivity index (χ0n) is 24.1. The van der Waals surface area contributed by atoms with Crippen molar-refractivity contribution in [2.24, 2.45) is 11.8 Å². The summed E-state index contributed by atoms with van der Waals surface area (Å²) < 4.78 is 39.2. The maximum absolute atomic E-state index is 13.8. The van der Waals surface area contributed by atoms with Gasteiger partial charge in [0, 0.05) is 6.42 Å². The number of hydrogen-bond donors (Lipinski definition) is 1. The molecule has 0 aromatic heterocycles. The van der Waals surface area contributed by atoms with Crippen molar-refractivity contribution in [3.05, 3.63) is 35.9 Å². The Morgan fingerprint density at radius 3 is 2.32 bits per heavy atom. The molecular weight excluding hydrogens is 504 g/mol. The number of carbonyl (C=O) groups is 1. The second-order valence-corrected chi connectivity index (χ2v) is 18.5. The average Bonchev–Trinajstić information content (AvgIpc) is 3.36. The second kappa shape index (κ2) is 9.17. The Hall–Kier alpha value is -1.17. The summed E-state index contributed by atoms with van der Waals surface area (Å²) in [6.45, 7) is 18.6. The van der Waals surface area contributed by atoms with E-state index in [1.54, 1.807) is 0 Å². The van der Waals surface area contributed by atoms with Gasteiger partial charge in [-0.05, 0) is 51.4 Å². The van der Waals surface area contributed by atoms with Crippen LogP contribution in [0.15, 0.2) is 30.3 Å². The van der Waals surface area contributed by atoms with Gasteiger partial charge in [0.05, 0.1) is 30.7 Å². The van der Waals surface area contributed by atoms with E-state index < -0.39 is 68.0 Å². The quantitative estimate of drug-likeness (QED) is 0.529. The van der Waals surface area contributed by atoms with E-state index in [2.05, 4.69) is 33.9 Å². The normalized spacial score (nSPS) is 39.2. The molecule has 1 saturated carbocycles. The van der Waals surface area contributed by atoms with Crippen LogP contribution in [-0.2, 0) is 32.9 Å². The number of hydrogen-bond acceptors (Lipinski definition) is 8. The summed E-state index contributed by atoms with van der Waals surface area (Å²) in [5.41, 5.74) is 0.672. The molecule has 5 rings (SSSR count). The van der Waals surface area contributed by atoms with Crippen LogP contribution in [-0.4, -0.2) is 67.6 Å². The summed E-state index contributed by atoms with van der Waals surface area (Å²) in [4.78, 5) is 13.8. The van der Waals surface area contributed by atoms with Crippen molar-refractivity contribution in [2.75, 3.05) is 6.61 Å². The molecule has 1 aromatic rings. The molecule has 0 unspecified atom stereocenters. The molecule has 1 N–H and O–H groups in total. The molecule has 4 fully saturated rings. The Labute approximate surface area is 227 Å². The number of aliphatic hydroxyl groups excluding tert-OH is 1. The van der Waals surface area contributed by atoms with Gasteiger partial charge in [0.15, 0.2) is 19.9 Å². The fourth-order valence-corrected chi connectivity index (χ4v) is 7.63. The molecule has 0 amide bonds. The first-order chi connectivity index (χ1) is 17.5. The van der Waals surface area contributed by atoms with Crippen molar-refractivity contribution in [3.8, 4) is 0 Å². The number of rotatable bonds is 5. The van der Waals surface area contributed by atoms with Gasteiger partial charge in [0.1, 0.15) is 24.1 Å². The standard InChI is InChI=1S/C29H44O8Si/c1-26(2,3)38(8,9)36-19-15-18(30)21(23(31)17-13-11-10-12-14-17)22(19)29-25(35-28(6,7)37-29)24-20(33-29)16-32-27(4,5)34-24/h10-14,19-25,31H,15-16H2,1-9H3/t19-,20+,21+,22+,23-,24-,25+,29-/m1/s1. The molecule has 0 bridgehead atoms. The number of ketones is 1. The third-order valence-electron chi connectivity index (χ3n) is 8.99. The lowest BCUT2D eigenvalue weighted by atomic mass is 9.78. The molecule has 0 spiro atoms. The molecule has 8 nitrogen and oxygen atoms in total. The number of aliphatic hydroxyl groups is 1. The first kappa shape index (κ1) is 28.4. The predicted octanol–water partition coefficient (Wildman–Crippen LogP) is 4.71. The lowest BCUT2D eigenvalue weighted by Crippen LogP contribution is -2.56. The van der Waals surface area contributed by atoms with Crippen LogP contribution in [0.2, 0.25) is 18.1 Å². The molecule has 212 valence electrons. The Morgan fingerprint density at radius 2 is 1.68 bits per heavy atom. The summed E-state index contributed by atoms with van der Waals surface area (Å²) in [5, 5.41) is 11.6. The van der Waals surface area contributed by atoms with Crippen LogP contribution in [0.5, 0.6) is 0 Å². The highest BCUT2D eigenvalue weighted by Gasteiger charge is 2.74. The minimum atomic E-state index is -2.32. The van der Waals surface area contributed by atoms with E-state index in [0.717, 1.165) is 0 Å². The molecule has 1 aliphatic carbocycles. The van der Waals surface area contributed by atoms with Crippen molar-refractivity contribution < 1.29 is 38.0 Å². The first-order valence-corrected chi connectivity index (χ1v) is 16.7. The van der Waals surface area contributed by atoms with Gasteiger partial charge in [-0.2, -0.15) is 0 Å².